The summed E-state index contributed by atoms with van der Waals surface area (Å²) < 4.78 is 6.34. The van der Waals surface area contributed by atoms with E-state index in [0.29, 0.717) is 0 Å². The van der Waals surface area contributed by atoms with Gasteiger partial charge in [-0.2, -0.15) is 0 Å². The van der Waals surface area contributed by atoms with Gasteiger partial charge in [0.1, 0.15) is 5.75 Å². The molecule has 2 aromatic rings. The summed E-state index contributed by atoms with van der Waals surface area (Å²) in [5.74, 6) is 0.848. The second kappa shape index (κ2) is 6.00. The van der Waals surface area contributed by atoms with Gasteiger partial charge in [-0.15, -0.1) is 0 Å². The number of aliphatic imine (C=N–C) groups is 1. The monoisotopic (exact) mass is 351 g/mol. The molecule has 0 radical (unpaired) electrons. The van der Waals surface area contributed by atoms with Crippen LogP contribution in [-0.4, -0.2) is 12.8 Å². The van der Waals surface area contributed by atoms with Crippen LogP contribution in [0.25, 0.3) is 0 Å². The van der Waals surface area contributed by atoms with Crippen LogP contribution in [0.1, 0.15) is 12.5 Å². The molecule has 18 heavy (non-hydrogen) atoms. The van der Waals surface area contributed by atoms with Crippen molar-refractivity contribution in [2.45, 2.75) is 6.92 Å². The molecule has 0 saturated carbocycles. The van der Waals surface area contributed by atoms with Crippen molar-refractivity contribution < 1.29 is 4.74 Å². The lowest BCUT2D eigenvalue weighted by Crippen LogP contribution is -1.96. The minimum atomic E-state index is 0.848. The zero-order valence-corrected chi connectivity index (χ0v) is 12.5. The number of benzene rings is 2. The van der Waals surface area contributed by atoms with E-state index in [0.717, 1.165) is 17.1 Å². The SMILES string of the molecule is COc1ccc(N=C(C)c2ccccc2I)cc1. The number of hydrogen-bond acceptors (Lipinski definition) is 2. The predicted molar refractivity (Wildman–Crippen MR) is 84.0 cm³/mol. The van der Waals surface area contributed by atoms with E-state index in [1.54, 1.807) is 7.11 Å². The van der Waals surface area contributed by atoms with E-state index in [1.807, 2.05) is 43.3 Å². The first-order valence-corrected chi connectivity index (χ1v) is 6.73. The number of methoxy groups -OCH3 is 1. The number of ether oxygens (including phenoxy) is 1. The van der Waals surface area contributed by atoms with Gasteiger partial charge in [-0.05, 0) is 59.8 Å². The maximum absolute atomic E-state index is 5.13. The van der Waals surface area contributed by atoms with Gasteiger partial charge in [0.15, 0.2) is 0 Å². The molecule has 0 aliphatic carbocycles. The van der Waals surface area contributed by atoms with Gasteiger partial charge in [-0.3, -0.25) is 4.99 Å². The van der Waals surface area contributed by atoms with Crippen LogP contribution < -0.4 is 4.74 Å². The van der Waals surface area contributed by atoms with E-state index in [-0.39, 0.29) is 0 Å². The van der Waals surface area contributed by atoms with Crippen LogP contribution in [0.15, 0.2) is 53.5 Å². The summed E-state index contributed by atoms with van der Waals surface area (Å²) in [6, 6.07) is 16.0. The molecule has 2 rings (SSSR count). The topological polar surface area (TPSA) is 21.6 Å². The minimum absolute atomic E-state index is 0.848. The summed E-state index contributed by atoms with van der Waals surface area (Å²) in [6.45, 7) is 2.03. The van der Waals surface area contributed by atoms with Crippen molar-refractivity contribution in [3.8, 4) is 5.75 Å². The van der Waals surface area contributed by atoms with Gasteiger partial charge in [0, 0.05) is 14.8 Å². The Labute approximate surface area is 121 Å². The van der Waals surface area contributed by atoms with Gasteiger partial charge < -0.3 is 4.74 Å². The smallest absolute Gasteiger partial charge is 0.119 e. The Morgan fingerprint density at radius 2 is 1.72 bits per heavy atom. The van der Waals surface area contributed by atoms with Crippen LogP contribution in [0, 0.1) is 3.57 Å². The predicted octanol–water partition coefficient (Wildman–Crippen LogP) is 4.44. The number of rotatable bonds is 3. The lowest BCUT2D eigenvalue weighted by Gasteiger charge is -2.04. The van der Waals surface area contributed by atoms with Crippen molar-refractivity contribution in [1.29, 1.82) is 0 Å². The Morgan fingerprint density at radius 1 is 1.06 bits per heavy atom. The molecular formula is C15H14INO. The highest BCUT2D eigenvalue weighted by atomic mass is 127. The third kappa shape index (κ3) is 3.10. The van der Waals surface area contributed by atoms with E-state index < -0.39 is 0 Å². The Hall–Kier alpha value is -1.36. The number of nitrogens with zero attached hydrogens (tertiary/aromatic N) is 1. The molecule has 0 heterocycles. The van der Waals surface area contributed by atoms with Crippen molar-refractivity contribution >= 4 is 34.0 Å². The van der Waals surface area contributed by atoms with Crippen LogP contribution in [-0.2, 0) is 0 Å². The lowest BCUT2D eigenvalue weighted by atomic mass is 10.1. The van der Waals surface area contributed by atoms with E-state index in [2.05, 4.69) is 39.7 Å². The molecule has 0 N–H and O–H groups in total. The average Bonchev–Trinajstić information content (AvgIpc) is 2.40. The zero-order valence-electron chi connectivity index (χ0n) is 10.4. The molecule has 2 nitrogen and oxygen atoms in total. The first kappa shape index (κ1) is 13.1. The second-order valence-corrected chi connectivity index (χ2v) is 5.04. The average molecular weight is 351 g/mol. The summed E-state index contributed by atoms with van der Waals surface area (Å²) in [6.07, 6.45) is 0. The largest absolute Gasteiger partial charge is 0.497 e. The molecular weight excluding hydrogens is 337 g/mol. The van der Waals surface area contributed by atoms with Crippen LogP contribution in [0.3, 0.4) is 0 Å². The van der Waals surface area contributed by atoms with Gasteiger partial charge >= 0.3 is 0 Å². The zero-order chi connectivity index (χ0) is 13.0. The maximum Gasteiger partial charge on any atom is 0.119 e. The molecule has 92 valence electrons. The number of hydrogen-bond donors (Lipinski definition) is 0. The molecule has 0 bridgehead atoms. The fraction of sp³-hybridized carbons (Fsp3) is 0.133. The fourth-order valence-corrected chi connectivity index (χ4v) is 2.44. The van der Waals surface area contributed by atoms with E-state index in [1.165, 1.54) is 9.13 Å². The Balaban J connectivity index is 2.29. The summed E-state index contributed by atoms with van der Waals surface area (Å²) >= 11 is 2.33. The molecule has 0 fully saturated rings. The van der Waals surface area contributed by atoms with E-state index in [9.17, 15) is 0 Å². The van der Waals surface area contributed by atoms with Crippen molar-refractivity contribution in [2.24, 2.45) is 4.99 Å². The molecule has 0 aromatic heterocycles. The van der Waals surface area contributed by atoms with Crippen molar-refractivity contribution in [1.82, 2.24) is 0 Å². The van der Waals surface area contributed by atoms with E-state index >= 15 is 0 Å². The molecule has 3 heteroatoms. The fourth-order valence-electron chi connectivity index (χ4n) is 1.67. The van der Waals surface area contributed by atoms with Crippen LogP contribution in [0.2, 0.25) is 0 Å². The van der Waals surface area contributed by atoms with Gasteiger partial charge in [-0.25, -0.2) is 0 Å². The van der Waals surface area contributed by atoms with Crippen molar-refractivity contribution in [3.05, 3.63) is 57.7 Å². The first-order valence-electron chi connectivity index (χ1n) is 5.65. The van der Waals surface area contributed by atoms with Gasteiger partial charge in [0.2, 0.25) is 0 Å². The third-order valence-corrected chi connectivity index (χ3v) is 3.57. The summed E-state index contributed by atoms with van der Waals surface area (Å²) in [5.41, 5.74) is 3.13. The summed E-state index contributed by atoms with van der Waals surface area (Å²) in [5, 5.41) is 0. The maximum atomic E-state index is 5.13. The quantitative estimate of drug-likeness (QED) is 0.592. The van der Waals surface area contributed by atoms with E-state index in [4.69, 9.17) is 4.74 Å². The molecule has 0 aliphatic heterocycles. The highest BCUT2D eigenvalue weighted by Gasteiger charge is 2.02. The molecule has 0 saturated heterocycles. The van der Waals surface area contributed by atoms with Gasteiger partial charge in [-0.1, -0.05) is 18.2 Å². The highest BCUT2D eigenvalue weighted by molar-refractivity contribution is 14.1. The second-order valence-electron chi connectivity index (χ2n) is 3.88. The Morgan fingerprint density at radius 3 is 2.33 bits per heavy atom. The van der Waals surface area contributed by atoms with Gasteiger partial charge in [0.25, 0.3) is 0 Å². The Kier molecular flexibility index (Phi) is 4.36. The summed E-state index contributed by atoms with van der Waals surface area (Å²) in [4.78, 5) is 4.62. The Bertz CT molecular complexity index is 561. The highest BCUT2D eigenvalue weighted by Crippen LogP contribution is 2.20. The third-order valence-electron chi connectivity index (χ3n) is 2.63. The van der Waals surface area contributed by atoms with Crippen molar-refractivity contribution in [2.75, 3.05) is 7.11 Å². The first-order chi connectivity index (χ1) is 8.70. The molecule has 0 unspecified atom stereocenters. The molecule has 0 amide bonds. The molecule has 0 spiro atoms. The number of halogens is 1. The normalized spacial score (nSPS) is 11.4. The van der Waals surface area contributed by atoms with Crippen LogP contribution >= 0.6 is 22.6 Å². The standard InChI is InChI=1S/C15H14INO/c1-11(14-5-3-4-6-15(14)16)17-12-7-9-13(18-2)10-8-12/h3-10H,1-2H3. The minimum Gasteiger partial charge on any atom is -0.497 e. The van der Waals surface area contributed by atoms with Gasteiger partial charge in [0.05, 0.1) is 12.8 Å². The molecule has 2 aromatic carbocycles. The van der Waals surface area contributed by atoms with Crippen LogP contribution in [0.4, 0.5) is 5.69 Å². The van der Waals surface area contributed by atoms with Crippen molar-refractivity contribution in [3.63, 3.8) is 0 Å². The summed E-state index contributed by atoms with van der Waals surface area (Å²) in [7, 11) is 1.66. The van der Waals surface area contributed by atoms with Crippen LogP contribution in [0.5, 0.6) is 5.75 Å². The molecule has 0 atom stereocenters. The molecule has 0 aliphatic rings. The lowest BCUT2D eigenvalue weighted by molar-refractivity contribution is 0.415.